The molecular weight excluding hydrogens is 250 g/mol. The maximum Gasteiger partial charge on any atom is 0.404 e. The molecule has 0 spiro atoms. The molecule has 0 aliphatic heterocycles. The molecule has 4 nitrogen and oxygen atoms in total. The summed E-state index contributed by atoms with van der Waals surface area (Å²) in [5, 5.41) is 10.7. The minimum Gasteiger partial charge on any atom is -0.496 e. The highest BCUT2D eigenvalue weighted by atomic mass is 79.9. The number of methoxy groups -OCH3 is 1. The molecule has 0 heterocycles. The lowest BCUT2D eigenvalue weighted by atomic mass is 10.2. The number of nitrogens with one attached hydrogen (secondary N) is 1. The van der Waals surface area contributed by atoms with Crippen LogP contribution in [0.1, 0.15) is 5.56 Å². The Bertz CT molecular complexity index is 341. The smallest absolute Gasteiger partial charge is 0.404 e. The average molecular weight is 260 g/mol. The van der Waals surface area contributed by atoms with Gasteiger partial charge in [-0.25, -0.2) is 4.79 Å². The van der Waals surface area contributed by atoms with Gasteiger partial charge in [-0.1, -0.05) is 22.0 Å². The maximum absolute atomic E-state index is 10.3. The molecule has 0 saturated heterocycles. The molecule has 0 aromatic heterocycles. The van der Waals surface area contributed by atoms with Crippen LogP contribution in [0.4, 0.5) is 4.79 Å². The van der Waals surface area contributed by atoms with E-state index in [2.05, 4.69) is 21.2 Å². The van der Waals surface area contributed by atoms with Gasteiger partial charge in [-0.3, -0.25) is 0 Å². The maximum atomic E-state index is 10.3. The predicted molar refractivity (Wildman–Crippen MR) is 55.6 cm³/mol. The van der Waals surface area contributed by atoms with Gasteiger partial charge in [-0.15, -0.1) is 0 Å². The standard InChI is InChI=1S/C9H10BrNO3/c1-14-8-4-7(10)3-2-6(8)5-11-9(12)13/h2-4,11H,5H2,1H3,(H,12,13). The molecule has 1 aromatic carbocycles. The summed E-state index contributed by atoms with van der Waals surface area (Å²) in [4.78, 5) is 10.3. The van der Waals surface area contributed by atoms with E-state index in [0.29, 0.717) is 5.75 Å². The van der Waals surface area contributed by atoms with Crippen molar-refractivity contribution in [3.63, 3.8) is 0 Å². The Morgan fingerprint density at radius 1 is 1.64 bits per heavy atom. The molecule has 0 atom stereocenters. The summed E-state index contributed by atoms with van der Waals surface area (Å²) in [5.74, 6) is 0.660. The molecule has 0 bridgehead atoms. The first-order chi connectivity index (χ1) is 6.63. The lowest BCUT2D eigenvalue weighted by Gasteiger charge is -2.08. The highest BCUT2D eigenvalue weighted by molar-refractivity contribution is 9.10. The van der Waals surface area contributed by atoms with Crippen LogP contribution in [0.2, 0.25) is 0 Å². The lowest BCUT2D eigenvalue weighted by molar-refractivity contribution is 0.194. The summed E-state index contributed by atoms with van der Waals surface area (Å²) >= 11 is 3.30. The molecule has 76 valence electrons. The second-order valence-electron chi connectivity index (χ2n) is 2.61. The van der Waals surface area contributed by atoms with Gasteiger partial charge in [-0.2, -0.15) is 0 Å². The van der Waals surface area contributed by atoms with Crippen LogP contribution >= 0.6 is 15.9 Å². The van der Waals surface area contributed by atoms with Gasteiger partial charge in [0.15, 0.2) is 0 Å². The summed E-state index contributed by atoms with van der Waals surface area (Å²) in [7, 11) is 1.55. The fourth-order valence-electron chi connectivity index (χ4n) is 1.04. The monoisotopic (exact) mass is 259 g/mol. The van der Waals surface area contributed by atoms with E-state index in [1.54, 1.807) is 19.2 Å². The van der Waals surface area contributed by atoms with Crippen molar-refractivity contribution in [1.82, 2.24) is 5.32 Å². The highest BCUT2D eigenvalue weighted by Crippen LogP contribution is 2.23. The third-order valence-electron chi connectivity index (χ3n) is 1.68. The number of amides is 1. The lowest BCUT2D eigenvalue weighted by Crippen LogP contribution is -2.20. The Labute approximate surface area is 90.0 Å². The Morgan fingerprint density at radius 2 is 2.36 bits per heavy atom. The van der Waals surface area contributed by atoms with Crippen molar-refractivity contribution in [2.45, 2.75) is 6.54 Å². The van der Waals surface area contributed by atoms with Gasteiger partial charge in [0.2, 0.25) is 0 Å². The summed E-state index contributed by atoms with van der Waals surface area (Å²) < 4.78 is 5.99. The molecular formula is C9H10BrNO3. The van der Waals surface area contributed by atoms with E-state index >= 15 is 0 Å². The van der Waals surface area contributed by atoms with Crippen molar-refractivity contribution < 1.29 is 14.6 Å². The summed E-state index contributed by atoms with van der Waals surface area (Å²) in [5.41, 5.74) is 0.804. The molecule has 0 saturated carbocycles. The van der Waals surface area contributed by atoms with Gasteiger partial charge in [0.1, 0.15) is 5.75 Å². The molecule has 0 aliphatic carbocycles. The SMILES string of the molecule is COc1cc(Br)ccc1CNC(=O)O. The number of benzene rings is 1. The van der Waals surface area contributed by atoms with Crippen molar-refractivity contribution in [3.05, 3.63) is 28.2 Å². The fourth-order valence-corrected chi connectivity index (χ4v) is 1.38. The van der Waals surface area contributed by atoms with Crippen LogP contribution in [-0.2, 0) is 6.54 Å². The van der Waals surface area contributed by atoms with Crippen molar-refractivity contribution in [2.24, 2.45) is 0 Å². The minimum absolute atomic E-state index is 0.242. The average Bonchev–Trinajstić information content (AvgIpc) is 2.15. The molecule has 0 aliphatic rings. The first-order valence-electron chi connectivity index (χ1n) is 3.92. The van der Waals surface area contributed by atoms with Gasteiger partial charge in [0.05, 0.1) is 7.11 Å². The molecule has 0 fully saturated rings. The second kappa shape index (κ2) is 4.85. The van der Waals surface area contributed by atoms with Crippen molar-refractivity contribution in [2.75, 3.05) is 7.11 Å². The zero-order valence-corrected chi connectivity index (χ0v) is 9.17. The van der Waals surface area contributed by atoms with Crippen molar-refractivity contribution >= 4 is 22.0 Å². The Kier molecular flexibility index (Phi) is 3.76. The topological polar surface area (TPSA) is 58.6 Å². The highest BCUT2D eigenvalue weighted by Gasteiger charge is 2.04. The van der Waals surface area contributed by atoms with Crippen LogP contribution in [0, 0.1) is 0 Å². The van der Waals surface area contributed by atoms with Crippen LogP contribution in [0.15, 0.2) is 22.7 Å². The first kappa shape index (κ1) is 10.8. The third-order valence-corrected chi connectivity index (χ3v) is 2.17. The number of halogens is 1. The quantitative estimate of drug-likeness (QED) is 0.876. The van der Waals surface area contributed by atoms with Crippen molar-refractivity contribution in [3.8, 4) is 5.75 Å². The Balaban J connectivity index is 2.80. The number of hydrogen-bond donors (Lipinski definition) is 2. The van der Waals surface area contributed by atoms with Gasteiger partial charge < -0.3 is 15.2 Å². The molecule has 14 heavy (non-hydrogen) atoms. The van der Waals surface area contributed by atoms with Crippen LogP contribution in [-0.4, -0.2) is 18.3 Å². The molecule has 5 heteroatoms. The van der Waals surface area contributed by atoms with Gasteiger partial charge in [0, 0.05) is 16.6 Å². The van der Waals surface area contributed by atoms with Crippen LogP contribution in [0.3, 0.4) is 0 Å². The third kappa shape index (κ3) is 2.92. The minimum atomic E-state index is -1.05. The van der Waals surface area contributed by atoms with Gasteiger partial charge in [-0.05, 0) is 12.1 Å². The fraction of sp³-hybridized carbons (Fsp3) is 0.222. The van der Waals surface area contributed by atoms with E-state index in [1.807, 2.05) is 6.07 Å². The zero-order chi connectivity index (χ0) is 10.6. The number of hydrogen-bond acceptors (Lipinski definition) is 2. The molecule has 1 amide bonds. The van der Waals surface area contributed by atoms with E-state index in [1.165, 1.54) is 0 Å². The van der Waals surface area contributed by atoms with E-state index in [4.69, 9.17) is 9.84 Å². The van der Waals surface area contributed by atoms with E-state index < -0.39 is 6.09 Å². The van der Waals surface area contributed by atoms with Crippen LogP contribution < -0.4 is 10.1 Å². The van der Waals surface area contributed by atoms with E-state index in [-0.39, 0.29) is 6.54 Å². The molecule has 0 unspecified atom stereocenters. The molecule has 2 N–H and O–H groups in total. The summed E-state index contributed by atoms with van der Waals surface area (Å²) in [6.45, 7) is 0.242. The number of carboxylic acid groups (broad SMARTS) is 1. The Morgan fingerprint density at radius 3 is 2.93 bits per heavy atom. The molecule has 1 rings (SSSR count). The largest absolute Gasteiger partial charge is 0.496 e. The van der Waals surface area contributed by atoms with Crippen LogP contribution in [0.5, 0.6) is 5.75 Å². The zero-order valence-electron chi connectivity index (χ0n) is 7.58. The van der Waals surface area contributed by atoms with E-state index in [0.717, 1.165) is 10.0 Å². The van der Waals surface area contributed by atoms with Gasteiger partial charge in [0.25, 0.3) is 0 Å². The number of rotatable bonds is 3. The first-order valence-corrected chi connectivity index (χ1v) is 4.72. The number of ether oxygens (including phenoxy) is 1. The Hall–Kier alpha value is -1.23. The summed E-state index contributed by atoms with van der Waals surface area (Å²) in [6.07, 6.45) is -1.05. The van der Waals surface area contributed by atoms with E-state index in [9.17, 15) is 4.79 Å². The van der Waals surface area contributed by atoms with Crippen molar-refractivity contribution in [1.29, 1.82) is 0 Å². The molecule has 1 aromatic rings. The predicted octanol–water partition coefficient (Wildman–Crippen LogP) is 2.23. The van der Waals surface area contributed by atoms with Gasteiger partial charge >= 0.3 is 6.09 Å². The summed E-state index contributed by atoms with van der Waals surface area (Å²) in [6, 6.07) is 5.43. The normalized spacial score (nSPS) is 9.57. The second-order valence-corrected chi connectivity index (χ2v) is 3.53. The number of carbonyl (C=O) groups is 1. The molecule has 0 radical (unpaired) electrons. The van der Waals surface area contributed by atoms with Crippen LogP contribution in [0.25, 0.3) is 0 Å².